The van der Waals surface area contributed by atoms with E-state index in [0.29, 0.717) is 33.7 Å². The number of carbonyl (C=O) groups is 2. The fourth-order valence-electron chi connectivity index (χ4n) is 3.52. The Morgan fingerprint density at radius 3 is 2.20 bits per heavy atom. The van der Waals surface area contributed by atoms with Gasteiger partial charge < -0.3 is 15.0 Å². The second-order valence-electron chi connectivity index (χ2n) is 7.88. The van der Waals surface area contributed by atoms with Crippen molar-refractivity contribution in [2.24, 2.45) is 0 Å². The number of rotatable bonds is 12. The van der Waals surface area contributed by atoms with E-state index in [1.807, 2.05) is 6.92 Å². The van der Waals surface area contributed by atoms with Gasteiger partial charge in [0.25, 0.3) is 0 Å². The van der Waals surface area contributed by atoms with Crippen LogP contribution in [0.25, 0.3) is 0 Å². The smallest absolute Gasteiger partial charge is 0.242 e. The molecule has 0 saturated carbocycles. The van der Waals surface area contributed by atoms with Crippen molar-refractivity contribution in [1.82, 2.24) is 10.2 Å². The lowest BCUT2D eigenvalue weighted by Crippen LogP contribution is -2.47. The van der Waals surface area contributed by atoms with Crippen molar-refractivity contribution in [2.45, 2.75) is 39.3 Å². The van der Waals surface area contributed by atoms with Crippen LogP contribution >= 0.6 is 23.2 Å². The van der Waals surface area contributed by atoms with Crippen LogP contribution in [0.4, 0.5) is 5.69 Å². The number of anilines is 1. The molecule has 0 bridgehead atoms. The third-order valence-corrected chi connectivity index (χ3v) is 7.29. The highest BCUT2D eigenvalue weighted by Gasteiger charge is 2.27. The van der Waals surface area contributed by atoms with Gasteiger partial charge in [-0.25, -0.2) is 8.42 Å². The third kappa shape index (κ3) is 8.02. The van der Waals surface area contributed by atoms with Crippen molar-refractivity contribution < 1.29 is 22.7 Å². The van der Waals surface area contributed by atoms with Crippen molar-refractivity contribution >= 4 is 50.7 Å². The Balaban J connectivity index is 2.18. The van der Waals surface area contributed by atoms with Crippen LogP contribution in [0.5, 0.6) is 5.75 Å². The summed E-state index contributed by atoms with van der Waals surface area (Å²) in [7, 11) is -2.10. The first-order valence-electron chi connectivity index (χ1n) is 11.1. The molecule has 0 radical (unpaired) electrons. The van der Waals surface area contributed by atoms with Gasteiger partial charge in [-0.3, -0.25) is 13.9 Å². The highest BCUT2D eigenvalue weighted by Crippen LogP contribution is 2.27. The molecule has 0 spiro atoms. The van der Waals surface area contributed by atoms with E-state index >= 15 is 0 Å². The number of nitrogens with zero attached hydrogens (tertiary/aromatic N) is 2. The number of hydrogen-bond donors (Lipinski definition) is 1. The second kappa shape index (κ2) is 13.0. The molecule has 1 atom stereocenters. The first kappa shape index (κ1) is 28.7. The zero-order valence-electron chi connectivity index (χ0n) is 20.3. The molecule has 2 amide bonds. The number of carbonyl (C=O) groups excluding carboxylic acids is 2. The lowest BCUT2D eigenvalue weighted by molar-refractivity contribution is -0.140. The van der Waals surface area contributed by atoms with Crippen LogP contribution in [0.1, 0.15) is 32.3 Å². The maximum absolute atomic E-state index is 13.2. The van der Waals surface area contributed by atoms with Crippen LogP contribution in [0, 0.1) is 0 Å². The molecule has 2 rings (SSSR count). The molecule has 192 valence electrons. The average Bonchev–Trinajstić information content (AvgIpc) is 2.80. The monoisotopic (exact) mass is 543 g/mol. The van der Waals surface area contributed by atoms with Crippen LogP contribution in [-0.4, -0.2) is 57.6 Å². The van der Waals surface area contributed by atoms with E-state index in [1.165, 1.54) is 16.3 Å². The summed E-state index contributed by atoms with van der Waals surface area (Å²) in [6, 6.07) is 11.0. The minimum Gasteiger partial charge on any atom is -0.494 e. The number of ether oxygens (including phenoxy) is 1. The van der Waals surface area contributed by atoms with E-state index in [0.717, 1.165) is 6.26 Å². The van der Waals surface area contributed by atoms with E-state index in [4.69, 9.17) is 27.9 Å². The van der Waals surface area contributed by atoms with Crippen molar-refractivity contribution in [3.05, 3.63) is 58.1 Å². The molecule has 0 aliphatic heterocycles. The van der Waals surface area contributed by atoms with Gasteiger partial charge in [-0.05, 0) is 56.7 Å². The maximum atomic E-state index is 13.2. The van der Waals surface area contributed by atoms with Gasteiger partial charge in [-0.2, -0.15) is 0 Å². The Morgan fingerprint density at radius 1 is 1.09 bits per heavy atom. The molecule has 35 heavy (non-hydrogen) atoms. The summed E-state index contributed by atoms with van der Waals surface area (Å²) in [5.74, 6) is -0.0251. The molecule has 0 aliphatic rings. The standard InChI is InChI=1S/C24H31Cl2N3O5S/c1-5-34-19-13-11-18(12-14-19)29(35(4,32)33)15-7-10-23(30)28(17(2)24(31)27-3)16-20-21(25)8-6-9-22(20)26/h6,8-9,11-14,17H,5,7,10,15-16H2,1-4H3,(H,27,31). The van der Waals surface area contributed by atoms with E-state index in [2.05, 4.69) is 5.32 Å². The highest BCUT2D eigenvalue weighted by atomic mass is 35.5. The van der Waals surface area contributed by atoms with E-state index in [1.54, 1.807) is 49.4 Å². The maximum Gasteiger partial charge on any atom is 0.242 e. The van der Waals surface area contributed by atoms with Crippen LogP contribution in [-0.2, 0) is 26.2 Å². The minimum absolute atomic E-state index is 0.0203. The summed E-state index contributed by atoms with van der Waals surface area (Å²) < 4.78 is 31.5. The molecule has 0 fully saturated rings. The molecule has 8 nitrogen and oxygen atoms in total. The lowest BCUT2D eigenvalue weighted by Gasteiger charge is -2.29. The number of sulfonamides is 1. The van der Waals surface area contributed by atoms with E-state index in [9.17, 15) is 18.0 Å². The van der Waals surface area contributed by atoms with E-state index in [-0.39, 0.29) is 37.7 Å². The van der Waals surface area contributed by atoms with Gasteiger partial charge >= 0.3 is 0 Å². The second-order valence-corrected chi connectivity index (χ2v) is 10.6. The normalized spacial score (nSPS) is 12.1. The van der Waals surface area contributed by atoms with Gasteiger partial charge in [0.15, 0.2) is 0 Å². The largest absolute Gasteiger partial charge is 0.494 e. The molecule has 0 aliphatic carbocycles. The Morgan fingerprint density at radius 2 is 1.69 bits per heavy atom. The number of halogens is 2. The summed E-state index contributed by atoms with van der Waals surface area (Å²) in [6.45, 7) is 4.11. The molecule has 1 unspecified atom stereocenters. The summed E-state index contributed by atoms with van der Waals surface area (Å²) in [6.07, 6.45) is 1.38. The number of benzene rings is 2. The summed E-state index contributed by atoms with van der Waals surface area (Å²) in [5, 5.41) is 3.32. The zero-order valence-corrected chi connectivity index (χ0v) is 22.6. The first-order valence-corrected chi connectivity index (χ1v) is 13.7. The van der Waals surface area contributed by atoms with E-state index < -0.39 is 16.1 Å². The molecule has 1 N–H and O–H groups in total. The first-order chi connectivity index (χ1) is 16.5. The van der Waals surface area contributed by atoms with Crippen molar-refractivity contribution in [1.29, 1.82) is 0 Å². The number of nitrogens with one attached hydrogen (secondary N) is 1. The van der Waals surface area contributed by atoms with Crippen molar-refractivity contribution in [3.63, 3.8) is 0 Å². The summed E-state index contributed by atoms with van der Waals surface area (Å²) in [5.41, 5.74) is 1.01. The highest BCUT2D eigenvalue weighted by molar-refractivity contribution is 7.92. The van der Waals surface area contributed by atoms with Crippen molar-refractivity contribution in [3.8, 4) is 5.75 Å². The lowest BCUT2D eigenvalue weighted by atomic mass is 10.1. The van der Waals surface area contributed by atoms with Gasteiger partial charge in [0.05, 0.1) is 18.6 Å². The minimum atomic E-state index is -3.59. The Bertz CT molecular complexity index is 1110. The van der Waals surface area contributed by atoms with Crippen LogP contribution in [0.3, 0.4) is 0 Å². The van der Waals surface area contributed by atoms with Gasteiger partial charge in [0.1, 0.15) is 11.8 Å². The Kier molecular flexibility index (Phi) is 10.7. The molecule has 2 aromatic rings. The number of likely N-dealkylation sites (N-methyl/N-ethyl adjacent to an activating group) is 1. The zero-order chi connectivity index (χ0) is 26.2. The average molecular weight is 545 g/mol. The van der Waals surface area contributed by atoms with Crippen LogP contribution < -0.4 is 14.4 Å². The Labute approximate surface area is 217 Å². The SMILES string of the molecule is CCOc1ccc(N(CCCC(=O)N(Cc2c(Cl)cccc2Cl)C(C)C(=O)NC)S(C)(=O)=O)cc1. The van der Waals surface area contributed by atoms with Gasteiger partial charge in [-0.15, -0.1) is 0 Å². The topological polar surface area (TPSA) is 96.0 Å². The fraction of sp³-hybridized carbons (Fsp3) is 0.417. The molecular weight excluding hydrogens is 513 g/mol. The van der Waals surface area contributed by atoms with Crippen LogP contribution in [0.15, 0.2) is 42.5 Å². The summed E-state index contributed by atoms with van der Waals surface area (Å²) >= 11 is 12.6. The summed E-state index contributed by atoms with van der Waals surface area (Å²) in [4.78, 5) is 26.9. The molecule has 11 heteroatoms. The predicted octanol–water partition coefficient (Wildman–Crippen LogP) is 4.10. The van der Waals surface area contributed by atoms with Gasteiger partial charge in [0, 0.05) is 42.2 Å². The molecule has 2 aromatic carbocycles. The van der Waals surface area contributed by atoms with Crippen LogP contribution in [0.2, 0.25) is 10.0 Å². The molecule has 0 aromatic heterocycles. The third-order valence-electron chi connectivity index (χ3n) is 5.39. The Hall–Kier alpha value is -2.49. The van der Waals surface area contributed by atoms with Gasteiger partial charge in [0.2, 0.25) is 21.8 Å². The van der Waals surface area contributed by atoms with Gasteiger partial charge in [-0.1, -0.05) is 29.3 Å². The number of hydrogen-bond acceptors (Lipinski definition) is 5. The quantitative estimate of drug-likeness (QED) is 0.434. The van der Waals surface area contributed by atoms with Crippen molar-refractivity contribution in [2.75, 3.05) is 30.8 Å². The predicted molar refractivity (Wildman–Crippen MR) is 140 cm³/mol. The fourth-order valence-corrected chi connectivity index (χ4v) is 5.01. The molecular formula is C24H31Cl2N3O5S. The molecule has 0 heterocycles. The molecule has 0 saturated heterocycles. The number of amides is 2.